The molecule has 0 fully saturated rings. The van der Waals surface area contributed by atoms with Crippen LogP contribution in [0.4, 0.5) is 0 Å². The number of hydrogen-bond donors (Lipinski definition) is 4. The molecule has 7 heteroatoms. The number of aromatic carboxylic acids is 1. The summed E-state index contributed by atoms with van der Waals surface area (Å²) in [5, 5.41) is 42.8. The van der Waals surface area contributed by atoms with Crippen LogP contribution >= 0.6 is 7.26 Å². The molecule has 4 N–H and O–H groups in total. The molecule has 4 aromatic carbocycles. The Morgan fingerprint density at radius 1 is 0.562 bits per heavy atom. The van der Waals surface area contributed by atoms with Crippen molar-refractivity contribution in [3.8, 4) is 17.2 Å². The van der Waals surface area contributed by atoms with Gasteiger partial charge in [0.25, 0.3) is 0 Å². The number of hydrogen-bond acceptors (Lipinski definition) is 4. The van der Waals surface area contributed by atoms with Gasteiger partial charge in [-0.3, -0.25) is 0 Å². The molecule has 162 valence electrons. The Labute approximate surface area is 203 Å². The summed E-state index contributed by atoms with van der Waals surface area (Å²) in [6.07, 6.45) is 0. The smallest absolute Gasteiger partial charge is 0.339 e. The van der Waals surface area contributed by atoms with Crippen molar-refractivity contribution < 1.29 is 49.2 Å². The normalized spacial score (nSPS) is 10.9. The van der Waals surface area contributed by atoms with Crippen LogP contribution in [-0.2, 0) is 0 Å². The highest BCUT2D eigenvalue weighted by Gasteiger charge is 2.50. The first-order valence-corrected chi connectivity index (χ1v) is 11.3. The SMILES string of the molecule is O=C(O)c1ccccc1[P+](c1ccc(O)cc1)(c1ccc(O)cc1)c1ccc(O)cc1.[I-]. The maximum absolute atomic E-state index is 12.2. The molecule has 0 bridgehead atoms. The molecule has 0 aromatic heterocycles. The molecule has 0 atom stereocenters. The molecule has 0 aliphatic heterocycles. The van der Waals surface area contributed by atoms with E-state index in [0.717, 1.165) is 15.9 Å². The Balaban J connectivity index is 0.00000289. The molecular formula is C25H20IO5P. The van der Waals surface area contributed by atoms with Crippen molar-refractivity contribution in [1.29, 1.82) is 0 Å². The van der Waals surface area contributed by atoms with Gasteiger partial charge in [0.2, 0.25) is 0 Å². The van der Waals surface area contributed by atoms with Crippen molar-refractivity contribution in [2.45, 2.75) is 0 Å². The summed E-state index contributed by atoms with van der Waals surface area (Å²) >= 11 is 0. The Bertz CT molecular complexity index is 1110. The first-order chi connectivity index (χ1) is 14.9. The molecule has 4 rings (SSSR count). The molecule has 0 radical (unpaired) electrons. The van der Waals surface area contributed by atoms with E-state index in [1.165, 1.54) is 0 Å². The predicted molar refractivity (Wildman–Crippen MR) is 123 cm³/mol. The molecular weight excluding hydrogens is 538 g/mol. The van der Waals surface area contributed by atoms with Crippen molar-refractivity contribution >= 4 is 34.4 Å². The monoisotopic (exact) mass is 558 g/mol. The van der Waals surface area contributed by atoms with Crippen molar-refractivity contribution in [3.05, 3.63) is 103 Å². The summed E-state index contributed by atoms with van der Waals surface area (Å²) in [5.74, 6) is -0.740. The topological polar surface area (TPSA) is 98.0 Å². The number of phenolic OH excluding ortho intramolecular Hbond substituents is 3. The van der Waals surface area contributed by atoms with Crippen LogP contribution in [0.1, 0.15) is 10.4 Å². The lowest BCUT2D eigenvalue weighted by molar-refractivity contribution is -0.0000245. The molecule has 32 heavy (non-hydrogen) atoms. The Morgan fingerprint density at radius 3 is 1.25 bits per heavy atom. The summed E-state index contributed by atoms with van der Waals surface area (Å²) < 4.78 is 0. The molecule has 0 spiro atoms. The van der Waals surface area contributed by atoms with Gasteiger partial charge >= 0.3 is 5.97 Å². The van der Waals surface area contributed by atoms with Crippen molar-refractivity contribution in [2.75, 3.05) is 0 Å². The van der Waals surface area contributed by atoms with Crippen molar-refractivity contribution in [3.63, 3.8) is 0 Å². The lowest BCUT2D eigenvalue weighted by Crippen LogP contribution is -3.00. The second kappa shape index (κ2) is 9.59. The van der Waals surface area contributed by atoms with E-state index >= 15 is 0 Å². The lowest BCUT2D eigenvalue weighted by Gasteiger charge is -2.28. The second-order valence-corrected chi connectivity index (χ2v) is 10.4. The second-order valence-electron chi connectivity index (χ2n) is 7.04. The van der Waals surface area contributed by atoms with Gasteiger partial charge in [-0.1, -0.05) is 12.1 Å². The molecule has 4 aromatic rings. The Hall–Kier alpha value is -3.09. The van der Waals surface area contributed by atoms with E-state index in [-0.39, 0.29) is 46.8 Å². The fraction of sp³-hybridized carbons (Fsp3) is 0. The quantitative estimate of drug-likeness (QED) is 0.206. The summed E-state index contributed by atoms with van der Waals surface area (Å²) in [4.78, 5) is 12.2. The van der Waals surface area contributed by atoms with Crippen molar-refractivity contribution in [2.24, 2.45) is 0 Å². The van der Waals surface area contributed by atoms with Crippen LogP contribution in [0.3, 0.4) is 0 Å². The highest BCUT2D eigenvalue weighted by molar-refractivity contribution is 8.01. The molecule has 0 aliphatic rings. The number of carboxylic acids is 1. The average Bonchev–Trinajstić information content (AvgIpc) is 2.78. The van der Waals surface area contributed by atoms with Crippen LogP contribution in [0, 0.1) is 0 Å². The molecule has 0 heterocycles. The third-order valence-corrected chi connectivity index (χ3v) is 9.54. The maximum atomic E-state index is 12.2. The van der Waals surface area contributed by atoms with Crippen molar-refractivity contribution in [1.82, 2.24) is 0 Å². The minimum Gasteiger partial charge on any atom is -1.00 e. The van der Waals surface area contributed by atoms with Crippen LogP contribution < -0.4 is 45.2 Å². The molecule has 0 saturated heterocycles. The standard InChI is InChI=1S/C25H19O5P.HI/c26-17-5-11-20(12-6-17)31(21-13-7-18(27)8-14-21,22-15-9-19(28)10-16-22)24-4-2-1-3-23(24)25(29)30;/h1-16H,(H3-,26,27,28,29,30);1H. The average molecular weight is 558 g/mol. The molecule has 5 nitrogen and oxygen atoms in total. The lowest BCUT2D eigenvalue weighted by atomic mass is 10.2. The van der Waals surface area contributed by atoms with Gasteiger partial charge in [0.05, 0.1) is 0 Å². The Kier molecular flexibility index (Phi) is 7.06. The molecule has 0 unspecified atom stereocenters. The maximum Gasteiger partial charge on any atom is 0.339 e. The van der Waals surface area contributed by atoms with Gasteiger partial charge in [0, 0.05) is 0 Å². The van der Waals surface area contributed by atoms with E-state index in [1.54, 1.807) is 91.0 Å². The summed E-state index contributed by atoms with van der Waals surface area (Å²) in [5.41, 5.74) is 0.171. The minimum absolute atomic E-state index is 0. The van der Waals surface area contributed by atoms with Gasteiger partial charge in [-0.05, 0) is 84.9 Å². The fourth-order valence-corrected chi connectivity index (χ4v) is 8.20. The summed E-state index contributed by atoms with van der Waals surface area (Å²) in [6, 6.07) is 27.1. The van der Waals surface area contributed by atoms with Crippen LogP contribution in [0.5, 0.6) is 17.2 Å². The van der Waals surface area contributed by atoms with E-state index in [1.807, 2.05) is 6.07 Å². The highest BCUT2D eigenvalue weighted by atomic mass is 127. The number of aromatic hydroxyl groups is 3. The van der Waals surface area contributed by atoms with Crippen LogP contribution in [0.15, 0.2) is 97.1 Å². The van der Waals surface area contributed by atoms with Crippen LogP contribution in [0.25, 0.3) is 0 Å². The number of carbonyl (C=O) groups is 1. The summed E-state index contributed by atoms with van der Waals surface area (Å²) in [6.45, 7) is 0. The van der Waals surface area contributed by atoms with E-state index in [0.29, 0.717) is 5.30 Å². The third kappa shape index (κ3) is 4.16. The first kappa shape index (κ1) is 23.6. The zero-order valence-electron chi connectivity index (χ0n) is 16.8. The predicted octanol–water partition coefficient (Wildman–Crippen LogP) is 0.125. The van der Waals surface area contributed by atoms with Crippen LogP contribution in [-0.4, -0.2) is 26.4 Å². The number of benzene rings is 4. The Morgan fingerprint density at radius 2 is 0.906 bits per heavy atom. The van der Waals surface area contributed by atoms with Crippen LogP contribution in [0.2, 0.25) is 0 Å². The molecule has 0 amide bonds. The van der Waals surface area contributed by atoms with Gasteiger partial charge in [-0.2, -0.15) is 0 Å². The zero-order chi connectivity index (χ0) is 22.0. The number of phenols is 3. The summed E-state index contributed by atoms with van der Waals surface area (Å²) in [7, 11) is -2.77. The third-order valence-electron chi connectivity index (χ3n) is 5.21. The van der Waals surface area contributed by atoms with Gasteiger partial charge in [0.15, 0.2) is 0 Å². The van der Waals surface area contributed by atoms with Gasteiger partial charge < -0.3 is 44.4 Å². The van der Waals surface area contributed by atoms with E-state index in [4.69, 9.17) is 0 Å². The molecule has 0 aliphatic carbocycles. The highest BCUT2D eigenvalue weighted by Crippen LogP contribution is 2.55. The zero-order valence-corrected chi connectivity index (χ0v) is 19.8. The van der Waals surface area contributed by atoms with Gasteiger partial charge in [-0.25, -0.2) is 4.79 Å². The number of halogens is 1. The minimum atomic E-state index is -2.77. The number of carboxylic acid groups (broad SMARTS) is 1. The first-order valence-electron chi connectivity index (χ1n) is 9.53. The van der Waals surface area contributed by atoms with E-state index < -0.39 is 13.2 Å². The van der Waals surface area contributed by atoms with Gasteiger partial charge in [0.1, 0.15) is 51.3 Å². The largest absolute Gasteiger partial charge is 1.00 e. The molecule has 0 saturated carbocycles. The fourth-order valence-electron chi connectivity index (χ4n) is 3.84. The van der Waals surface area contributed by atoms with Gasteiger partial charge in [-0.15, -0.1) is 0 Å². The van der Waals surface area contributed by atoms with E-state index in [9.17, 15) is 25.2 Å². The number of rotatable bonds is 5. The van der Waals surface area contributed by atoms with E-state index in [2.05, 4.69) is 0 Å².